The monoisotopic (exact) mass is 422 g/mol. The Hall–Kier alpha value is -2.02. The second-order valence-corrected chi connectivity index (χ2v) is 7.71. The van der Waals surface area contributed by atoms with Crippen molar-refractivity contribution in [1.82, 2.24) is 15.2 Å². The van der Waals surface area contributed by atoms with Crippen LogP contribution in [0.25, 0.3) is 0 Å². The van der Waals surface area contributed by atoms with E-state index in [9.17, 15) is 4.79 Å². The van der Waals surface area contributed by atoms with Gasteiger partial charge in [0, 0.05) is 43.9 Å². The quantitative estimate of drug-likeness (QED) is 0.774. The number of likely N-dealkylation sites (N-methyl/N-ethyl adjacent to an activating group) is 1. The molecule has 1 aromatic heterocycles. The number of anilines is 1. The van der Waals surface area contributed by atoms with E-state index < -0.39 is 6.10 Å². The van der Waals surface area contributed by atoms with Crippen molar-refractivity contribution >= 4 is 34.9 Å². The number of carbonyl (C=O) groups is 1. The molecule has 28 heavy (non-hydrogen) atoms. The largest absolute Gasteiger partial charge is 0.479 e. The van der Waals surface area contributed by atoms with Crippen LogP contribution in [-0.2, 0) is 11.3 Å². The minimum absolute atomic E-state index is 0.219. The standard InChI is InChI=1S/C20H24Cl2N4O2/c1-14(28-18-4-3-16(21)12-17(18)22)20(27)24-13-15-5-6-23-19(11-15)26-9-7-25(2)8-10-26/h3-6,11-12,14H,7-10,13H2,1-2H3,(H,24,27). The summed E-state index contributed by atoms with van der Waals surface area (Å²) in [6, 6.07) is 8.83. The van der Waals surface area contributed by atoms with Gasteiger partial charge in [-0.05, 0) is 49.9 Å². The third kappa shape index (κ3) is 5.50. The Labute approximate surface area is 175 Å². The Morgan fingerprint density at radius 3 is 2.68 bits per heavy atom. The minimum Gasteiger partial charge on any atom is -0.479 e. The van der Waals surface area contributed by atoms with E-state index >= 15 is 0 Å². The molecule has 1 aliphatic rings. The number of ether oxygens (including phenoxy) is 1. The minimum atomic E-state index is -0.683. The molecule has 1 aliphatic heterocycles. The average Bonchev–Trinajstić information content (AvgIpc) is 2.69. The molecule has 1 aromatic carbocycles. The first kappa shape index (κ1) is 20.7. The van der Waals surface area contributed by atoms with Crippen LogP contribution in [0.2, 0.25) is 10.0 Å². The van der Waals surface area contributed by atoms with Crippen molar-refractivity contribution in [2.75, 3.05) is 38.1 Å². The summed E-state index contributed by atoms with van der Waals surface area (Å²) in [5, 5.41) is 3.79. The maximum absolute atomic E-state index is 12.4. The van der Waals surface area contributed by atoms with Gasteiger partial charge >= 0.3 is 0 Å². The van der Waals surface area contributed by atoms with Crippen molar-refractivity contribution in [3.05, 3.63) is 52.1 Å². The molecule has 1 saturated heterocycles. The van der Waals surface area contributed by atoms with Crippen molar-refractivity contribution in [3.8, 4) is 5.75 Å². The van der Waals surface area contributed by atoms with Crippen LogP contribution in [0, 0.1) is 0 Å². The summed E-state index contributed by atoms with van der Waals surface area (Å²) in [5.41, 5.74) is 0.994. The molecule has 2 heterocycles. The fraction of sp³-hybridized carbons (Fsp3) is 0.400. The van der Waals surface area contributed by atoms with Gasteiger partial charge in [-0.1, -0.05) is 23.2 Å². The molecule has 150 valence electrons. The summed E-state index contributed by atoms with van der Waals surface area (Å²) < 4.78 is 5.65. The number of aromatic nitrogens is 1. The average molecular weight is 423 g/mol. The highest BCUT2D eigenvalue weighted by Gasteiger charge is 2.18. The van der Waals surface area contributed by atoms with Gasteiger partial charge in [0.1, 0.15) is 11.6 Å². The van der Waals surface area contributed by atoms with E-state index in [2.05, 4.69) is 27.1 Å². The van der Waals surface area contributed by atoms with Crippen molar-refractivity contribution < 1.29 is 9.53 Å². The van der Waals surface area contributed by atoms with Gasteiger partial charge in [0.05, 0.1) is 5.02 Å². The zero-order valence-electron chi connectivity index (χ0n) is 16.0. The molecule has 6 nitrogen and oxygen atoms in total. The van der Waals surface area contributed by atoms with Crippen LogP contribution in [0.3, 0.4) is 0 Å². The molecule has 0 aliphatic carbocycles. The lowest BCUT2D eigenvalue weighted by Crippen LogP contribution is -2.44. The van der Waals surface area contributed by atoms with Crippen molar-refractivity contribution in [1.29, 1.82) is 0 Å². The zero-order valence-corrected chi connectivity index (χ0v) is 17.5. The topological polar surface area (TPSA) is 57.7 Å². The molecule has 1 unspecified atom stereocenters. The van der Waals surface area contributed by atoms with Gasteiger partial charge in [-0.15, -0.1) is 0 Å². The third-order valence-electron chi connectivity index (χ3n) is 4.67. The number of benzene rings is 1. The number of piperazine rings is 1. The van der Waals surface area contributed by atoms with E-state index in [-0.39, 0.29) is 5.91 Å². The van der Waals surface area contributed by atoms with Crippen molar-refractivity contribution in [2.45, 2.75) is 19.6 Å². The first-order valence-electron chi connectivity index (χ1n) is 9.20. The highest BCUT2D eigenvalue weighted by molar-refractivity contribution is 6.35. The fourth-order valence-electron chi connectivity index (χ4n) is 2.93. The second-order valence-electron chi connectivity index (χ2n) is 6.87. The molecule has 3 rings (SSSR count). The summed E-state index contributed by atoms with van der Waals surface area (Å²) in [7, 11) is 2.12. The van der Waals surface area contributed by atoms with E-state index in [1.807, 2.05) is 12.1 Å². The first-order valence-corrected chi connectivity index (χ1v) is 9.96. The predicted octanol–water partition coefficient (Wildman–Crippen LogP) is 3.22. The number of amides is 1. The summed E-state index contributed by atoms with van der Waals surface area (Å²) >= 11 is 12.0. The number of pyridine rings is 1. The van der Waals surface area contributed by atoms with Crippen LogP contribution < -0.4 is 15.0 Å². The van der Waals surface area contributed by atoms with Gasteiger partial charge in [0.2, 0.25) is 0 Å². The number of hydrogen-bond acceptors (Lipinski definition) is 5. The van der Waals surface area contributed by atoms with E-state index in [0.29, 0.717) is 22.3 Å². The van der Waals surface area contributed by atoms with Crippen molar-refractivity contribution in [2.24, 2.45) is 0 Å². The zero-order chi connectivity index (χ0) is 20.1. The lowest BCUT2D eigenvalue weighted by molar-refractivity contribution is -0.127. The molecule has 0 spiro atoms. The molecular formula is C20H24Cl2N4O2. The van der Waals surface area contributed by atoms with Gasteiger partial charge in [-0.25, -0.2) is 4.98 Å². The van der Waals surface area contributed by atoms with Crippen LogP contribution in [-0.4, -0.2) is 55.1 Å². The Balaban J connectivity index is 1.54. The second kappa shape index (κ2) is 9.45. The molecular weight excluding hydrogens is 399 g/mol. The maximum Gasteiger partial charge on any atom is 0.261 e. The number of hydrogen-bond donors (Lipinski definition) is 1. The Morgan fingerprint density at radius 1 is 1.21 bits per heavy atom. The number of carbonyl (C=O) groups excluding carboxylic acids is 1. The first-order chi connectivity index (χ1) is 13.4. The molecule has 2 aromatic rings. The Kier molecular flexibility index (Phi) is 6.99. The lowest BCUT2D eigenvalue weighted by Gasteiger charge is -2.33. The SMILES string of the molecule is CC(Oc1ccc(Cl)cc1Cl)C(=O)NCc1ccnc(N2CCN(C)CC2)c1. The summed E-state index contributed by atoms with van der Waals surface area (Å²) in [6.07, 6.45) is 1.10. The maximum atomic E-state index is 12.4. The van der Waals surface area contributed by atoms with Crippen molar-refractivity contribution in [3.63, 3.8) is 0 Å². The van der Waals surface area contributed by atoms with Gasteiger partial charge in [0.15, 0.2) is 6.10 Å². The number of halogens is 2. The molecule has 1 N–H and O–H groups in total. The molecule has 0 saturated carbocycles. The Morgan fingerprint density at radius 2 is 1.96 bits per heavy atom. The molecule has 1 amide bonds. The highest BCUT2D eigenvalue weighted by Crippen LogP contribution is 2.28. The third-order valence-corrected chi connectivity index (χ3v) is 5.20. The van der Waals surface area contributed by atoms with E-state index in [4.69, 9.17) is 27.9 Å². The van der Waals surface area contributed by atoms with E-state index in [0.717, 1.165) is 37.6 Å². The highest BCUT2D eigenvalue weighted by atomic mass is 35.5. The molecule has 8 heteroatoms. The molecule has 1 fully saturated rings. The van der Waals surface area contributed by atoms with Crippen LogP contribution in [0.1, 0.15) is 12.5 Å². The van der Waals surface area contributed by atoms with Gasteiger partial charge in [-0.2, -0.15) is 0 Å². The smallest absolute Gasteiger partial charge is 0.261 e. The Bertz CT molecular complexity index is 826. The summed E-state index contributed by atoms with van der Waals surface area (Å²) in [5.74, 6) is 1.15. The normalized spacial score (nSPS) is 15.9. The van der Waals surface area contributed by atoms with Crippen LogP contribution in [0.4, 0.5) is 5.82 Å². The number of nitrogens with one attached hydrogen (secondary N) is 1. The van der Waals surface area contributed by atoms with E-state index in [1.54, 1.807) is 31.3 Å². The van der Waals surface area contributed by atoms with Gasteiger partial charge in [0.25, 0.3) is 5.91 Å². The molecule has 0 radical (unpaired) electrons. The van der Waals surface area contributed by atoms with Gasteiger partial charge < -0.3 is 19.9 Å². The van der Waals surface area contributed by atoms with Crippen LogP contribution in [0.5, 0.6) is 5.75 Å². The van der Waals surface area contributed by atoms with E-state index in [1.165, 1.54) is 0 Å². The summed E-state index contributed by atoms with van der Waals surface area (Å²) in [6.45, 7) is 6.03. The van der Waals surface area contributed by atoms with Crippen LogP contribution in [0.15, 0.2) is 36.5 Å². The summed E-state index contributed by atoms with van der Waals surface area (Å²) in [4.78, 5) is 21.4. The molecule has 0 bridgehead atoms. The van der Waals surface area contributed by atoms with Gasteiger partial charge in [-0.3, -0.25) is 4.79 Å². The lowest BCUT2D eigenvalue weighted by atomic mass is 10.2. The number of nitrogens with zero attached hydrogens (tertiary/aromatic N) is 3. The predicted molar refractivity (Wildman–Crippen MR) is 112 cm³/mol. The van der Waals surface area contributed by atoms with Crippen LogP contribution >= 0.6 is 23.2 Å². The number of rotatable bonds is 6. The fourth-order valence-corrected chi connectivity index (χ4v) is 3.38. The molecule has 1 atom stereocenters.